The molecule has 17 heavy (non-hydrogen) atoms. The van der Waals surface area contributed by atoms with Gasteiger partial charge >= 0.3 is 5.97 Å². The molecule has 0 radical (unpaired) electrons. The van der Waals surface area contributed by atoms with Gasteiger partial charge in [-0.15, -0.1) is 0 Å². The molecule has 1 heterocycles. The number of hydrogen-bond acceptors (Lipinski definition) is 4. The van der Waals surface area contributed by atoms with Gasteiger partial charge in [-0.3, -0.25) is 0 Å². The third kappa shape index (κ3) is 2.32. The van der Waals surface area contributed by atoms with E-state index in [4.69, 9.17) is 10.8 Å². The molecule has 6 heteroatoms. The molecule has 0 unspecified atom stereocenters. The Morgan fingerprint density at radius 1 is 1.53 bits per heavy atom. The number of nitrogens with zero attached hydrogens (tertiary/aromatic N) is 1. The largest absolute Gasteiger partial charge is 0.476 e. The molecular weight excluding hydrogens is 304 g/mol. The number of halogens is 1. The van der Waals surface area contributed by atoms with Crippen LogP contribution < -0.4 is 5.73 Å². The summed E-state index contributed by atoms with van der Waals surface area (Å²) >= 11 is 4.56. The first-order valence-corrected chi connectivity index (χ1v) is 6.36. The van der Waals surface area contributed by atoms with Crippen molar-refractivity contribution in [2.24, 2.45) is 0 Å². The first kappa shape index (κ1) is 12.1. The predicted molar refractivity (Wildman–Crippen MR) is 71.4 cm³/mol. The zero-order valence-electron chi connectivity index (χ0n) is 8.90. The van der Waals surface area contributed by atoms with E-state index >= 15 is 0 Å². The summed E-state index contributed by atoms with van der Waals surface area (Å²) in [6, 6.07) is 5.77. The molecule has 0 amide bonds. The molecule has 0 aliphatic heterocycles. The predicted octanol–water partition coefficient (Wildman–Crippen LogP) is 3.16. The van der Waals surface area contributed by atoms with Crippen LogP contribution >= 0.6 is 27.3 Å². The average Bonchev–Trinajstić information content (AvgIpc) is 2.64. The Morgan fingerprint density at radius 3 is 2.82 bits per heavy atom. The molecule has 88 valence electrons. The van der Waals surface area contributed by atoms with Gasteiger partial charge in [0.1, 0.15) is 10.0 Å². The number of rotatable bonds is 2. The Hall–Kier alpha value is -1.40. The average molecular weight is 313 g/mol. The fourth-order valence-electron chi connectivity index (χ4n) is 1.43. The number of nitrogen functional groups attached to an aromatic ring is 1. The van der Waals surface area contributed by atoms with Gasteiger partial charge in [-0.25, -0.2) is 9.78 Å². The maximum absolute atomic E-state index is 10.9. The van der Waals surface area contributed by atoms with Gasteiger partial charge in [0.2, 0.25) is 0 Å². The smallest absolute Gasteiger partial charge is 0.357 e. The molecule has 0 aliphatic carbocycles. The van der Waals surface area contributed by atoms with Crippen LogP contribution in [-0.2, 0) is 0 Å². The standard InChI is InChI=1S/C11H9BrN2O2S/c1-5-2-3-6(12)4-7(5)10-14-8(11(15)16)9(13)17-10/h2-4H,13H2,1H3,(H,15,16). The van der Waals surface area contributed by atoms with Crippen LogP contribution in [0.15, 0.2) is 22.7 Å². The highest BCUT2D eigenvalue weighted by Gasteiger charge is 2.17. The molecule has 1 aromatic heterocycles. The summed E-state index contributed by atoms with van der Waals surface area (Å²) in [6.07, 6.45) is 0. The van der Waals surface area contributed by atoms with Gasteiger partial charge in [-0.1, -0.05) is 33.3 Å². The molecule has 1 aromatic carbocycles. The van der Waals surface area contributed by atoms with Crippen LogP contribution in [0.2, 0.25) is 0 Å². The van der Waals surface area contributed by atoms with Crippen molar-refractivity contribution >= 4 is 38.2 Å². The molecule has 3 N–H and O–H groups in total. The normalized spacial score (nSPS) is 10.5. The lowest BCUT2D eigenvalue weighted by molar-refractivity contribution is 0.0692. The van der Waals surface area contributed by atoms with E-state index in [2.05, 4.69) is 20.9 Å². The SMILES string of the molecule is Cc1ccc(Br)cc1-c1nc(C(=O)O)c(N)s1. The summed E-state index contributed by atoms with van der Waals surface area (Å²) in [4.78, 5) is 14.9. The third-order valence-corrected chi connectivity index (χ3v) is 3.70. The van der Waals surface area contributed by atoms with Gasteiger partial charge in [-0.2, -0.15) is 0 Å². The molecule has 2 rings (SSSR count). The number of hydrogen-bond donors (Lipinski definition) is 2. The first-order valence-electron chi connectivity index (χ1n) is 4.75. The fourth-order valence-corrected chi connectivity index (χ4v) is 2.69. The first-order chi connectivity index (χ1) is 7.99. The van der Waals surface area contributed by atoms with Crippen LogP contribution in [0, 0.1) is 6.92 Å². The van der Waals surface area contributed by atoms with Crippen molar-refractivity contribution in [3.05, 3.63) is 33.9 Å². The number of aromatic carboxylic acids is 1. The van der Waals surface area contributed by atoms with Gasteiger partial charge < -0.3 is 10.8 Å². The van der Waals surface area contributed by atoms with E-state index < -0.39 is 5.97 Å². The highest BCUT2D eigenvalue weighted by Crippen LogP contribution is 2.33. The molecule has 0 saturated heterocycles. The van der Waals surface area contributed by atoms with Crippen LogP contribution in [0.4, 0.5) is 5.00 Å². The molecule has 0 saturated carbocycles. The molecule has 4 nitrogen and oxygen atoms in total. The molecule has 0 aliphatic rings. The van der Waals surface area contributed by atoms with Crippen molar-refractivity contribution in [1.29, 1.82) is 0 Å². The van der Waals surface area contributed by atoms with E-state index in [-0.39, 0.29) is 10.7 Å². The fraction of sp³-hybridized carbons (Fsp3) is 0.0909. The third-order valence-electron chi connectivity index (χ3n) is 2.29. The van der Waals surface area contributed by atoms with E-state index in [1.54, 1.807) is 0 Å². The minimum Gasteiger partial charge on any atom is -0.476 e. The lowest BCUT2D eigenvalue weighted by Crippen LogP contribution is -2.00. The van der Waals surface area contributed by atoms with Crippen LogP contribution in [0.1, 0.15) is 16.1 Å². The van der Waals surface area contributed by atoms with Gasteiger partial charge in [0.15, 0.2) is 5.69 Å². The van der Waals surface area contributed by atoms with Crippen LogP contribution in [0.5, 0.6) is 0 Å². The number of carboxylic acids is 1. The Balaban J connectivity index is 2.57. The summed E-state index contributed by atoms with van der Waals surface area (Å²) in [5.41, 5.74) is 7.47. The molecule has 2 aromatic rings. The Morgan fingerprint density at radius 2 is 2.24 bits per heavy atom. The van der Waals surface area contributed by atoms with Gasteiger partial charge in [0.25, 0.3) is 0 Å². The number of thiazole rings is 1. The van der Waals surface area contributed by atoms with Gasteiger partial charge in [0, 0.05) is 10.0 Å². The van der Waals surface area contributed by atoms with E-state index in [0.717, 1.165) is 15.6 Å². The Kier molecular flexibility index (Phi) is 3.17. The van der Waals surface area contributed by atoms with Crippen LogP contribution in [0.3, 0.4) is 0 Å². The van der Waals surface area contributed by atoms with Crippen molar-refractivity contribution in [2.45, 2.75) is 6.92 Å². The second-order valence-electron chi connectivity index (χ2n) is 3.50. The minimum atomic E-state index is -1.10. The van der Waals surface area contributed by atoms with Gasteiger partial charge in [-0.05, 0) is 24.6 Å². The second-order valence-corrected chi connectivity index (χ2v) is 5.44. The summed E-state index contributed by atoms with van der Waals surface area (Å²) < 4.78 is 0.920. The monoisotopic (exact) mass is 312 g/mol. The van der Waals surface area contributed by atoms with Crippen LogP contribution in [-0.4, -0.2) is 16.1 Å². The highest BCUT2D eigenvalue weighted by atomic mass is 79.9. The number of nitrogens with two attached hydrogens (primary N) is 1. The maximum atomic E-state index is 10.9. The van der Waals surface area contributed by atoms with E-state index in [0.29, 0.717) is 5.01 Å². The quantitative estimate of drug-likeness (QED) is 0.893. The second kappa shape index (κ2) is 4.46. The molecule has 0 fully saturated rings. The highest BCUT2D eigenvalue weighted by molar-refractivity contribution is 9.10. The molecule has 0 spiro atoms. The summed E-state index contributed by atoms with van der Waals surface area (Å²) in [5, 5.41) is 9.76. The van der Waals surface area contributed by atoms with E-state index in [1.165, 1.54) is 11.3 Å². The molecule has 0 atom stereocenters. The molecule has 0 bridgehead atoms. The number of aryl methyl sites for hydroxylation is 1. The van der Waals surface area contributed by atoms with Crippen molar-refractivity contribution in [1.82, 2.24) is 4.98 Å². The number of carboxylic acid groups (broad SMARTS) is 1. The van der Waals surface area contributed by atoms with Crippen molar-refractivity contribution in [2.75, 3.05) is 5.73 Å². The minimum absolute atomic E-state index is 0.0793. The van der Waals surface area contributed by atoms with E-state index in [1.807, 2.05) is 25.1 Å². The molecular formula is C11H9BrN2O2S. The van der Waals surface area contributed by atoms with Gasteiger partial charge in [0.05, 0.1) is 0 Å². The van der Waals surface area contributed by atoms with Crippen molar-refractivity contribution in [3.8, 4) is 10.6 Å². The lowest BCUT2D eigenvalue weighted by Gasteiger charge is -2.02. The number of benzene rings is 1. The van der Waals surface area contributed by atoms with Crippen molar-refractivity contribution in [3.63, 3.8) is 0 Å². The summed E-state index contributed by atoms with van der Waals surface area (Å²) in [6.45, 7) is 1.94. The number of aromatic nitrogens is 1. The van der Waals surface area contributed by atoms with E-state index in [9.17, 15) is 4.79 Å². The zero-order valence-corrected chi connectivity index (χ0v) is 11.3. The summed E-state index contributed by atoms with van der Waals surface area (Å²) in [5.74, 6) is -1.10. The Labute approximate surface area is 110 Å². The summed E-state index contributed by atoms with van der Waals surface area (Å²) in [7, 11) is 0. The maximum Gasteiger partial charge on any atom is 0.357 e. The van der Waals surface area contributed by atoms with Crippen LogP contribution in [0.25, 0.3) is 10.6 Å². The van der Waals surface area contributed by atoms with Crippen molar-refractivity contribution < 1.29 is 9.90 Å². The lowest BCUT2D eigenvalue weighted by atomic mass is 10.1. The number of anilines is 1. The topological polar surface area (TPSA) is 76.2 Å². The zero-order chi connectivity index (χ0) is 12.6. The Bertz CT molecular complexity index is 595. The number of carbonyl (C=O) groups is 1.